The predicted octanol–water partition coefficient (Wildman–Crippen LogP) is -2.44. The van der Waals surface area contributed by atoms with Crippen molar-refractivity contribution in [1.82, 2.24) is 36.3 Å². The third-order valence-electron chi connectivity index (χ3n) is 6.60. The fraction of sp³-hybridized carbons (Fsp3) is 0.567. The van der Waals surface area contributed by atoms with Crippen molar-refractivity contribution in [2.45, 2.75) is 44.3 Å². The molecule has 2 rings (SSSR count). The lowest BCUT2D eigenvalue weighted by molar-refractivity contribution is -0.134. The van der Waals surface area contributed by atoms with E-state index in [1.54, 1.807) is 30.1 Å². The smallest absolute Gasteiger partial charge is 0.246 e. The van der Waals surface area contributed by atoms with Crippen LogP contribution in [0.1, 0.15) is 24.1 Å². The Bertz CT molecular complexity index is 1290. The van der Waals surface area contributed by atoms with Crippen molar-refractivity contribution in [2.75, 3.05) is 67.0 Å². The number of rotatable bonds is 25. The Labute approximate surface area is 278 Å². The Morgan fingerprint density at radius 2 is 1.44 bits per heavy atom. The molecule has 0 unspecified atom stereocenters. The number of amides is 5. The maximum Gasteiger partial charge on any atom is 0.246 e. The average molecular weight is 679 g/mol. The van der Waals surface area contributed by atoms with E-state index in [2.05, 4.69) is 31.6 Å². The number of phenolic OH excluding ortho intramolecular Hbond substituents is 1. The van der Waals surface area contributed by atoms with Gasteiger partial charge in [-0.2, -0.15) is 0 Å². The average Bonchev–Trinajstić information content (AvgIpc) is 3.53. The summed E-state index contributed by atoms with van der Waals surface area (Å²) in [6.07, 6.45) is 2.27. The highest BCUT2D eigenvalue weighted by Crippen LogP contribution is 2.12. The van der Waals surface area contributed by atoms with E-state index in [-0.39, 0.29) is 37.9 Å². The van der Waals surface area contributed by atoms with Crippen molar-refractivity contribution in [1.29, 1.82) is 0 Å². The molecule has 0 fully saturated rings. The van der Waals surface area contributed by atoms with E-state index in [1.165, 1.54) is 19.2 Å². The molecule has 18 nitrogen and oxygen atoms in total. The zero-order valence-corrected chi connectivity index (χ0v) is 27.3. The van der Waals surface area contributed by atoms with E-state index in [1.807, 2.05) is 0 Å². The number of primary amides is 1. The van der Waals surface area contributed by atoms with Crippen LogP contribution in [0.3, 0.4) is 0 Å². The van der Waals surface area contributed by atoms with Crippen molar-refractivity contribution in [3.05, 3.63) is 41.7 Å². The molecular weight excluding hydrogens is 632 g/mol. The molecule has 0 radical (unpaired) electrons. The van der Waals surface area contributed by atoms with E-state index in [0.29, 0.717) is 58.0 Å². The van der Waals surface area contributed by atoms with Gasteiger partial charge in [0, 0.05) is 39.6 Å². The van der Waals surface area contributed by atoms with Gasteiger partial charge in [-0.05, 0) is 17.7 Å². The number of ether oxygens (including phenoxy) is 4. The van der Waals surface area contributed by atoms with E-state index in [4.69, 9.17) is 24.7 Å². The van der Waals surface area contributed by atoms with Crippen LogP contribution < -0.4 is 27.0 Å². The minimum Gasteiger partial charge on any atom is -0.508 e. The number of nitrogens with zero attached hydrogens (tertiary/aromatic N) is 3. The Morgan fingerprint density at radius 3 is 2.04 bits per heavy atom. The molecule has 266 valence electrons. The van der Waals surface area contributed by atoms with Crippen LogP contribution in [0.15, 0.2) is 30.5 Å². The molecule has 1 heterocycles. The Kier molecular flexibility index (Phi) is 18.8. The maximum absolute atomic E-state index is 13.0. The van der Waals surface area contributed by atoms with Crippen LogP contribution in [-0.2, 0) is 62.3 Å². The molecule has 0 saturated heterocycles. The monoisotopic (exact) mass is 678 g/mol. The Balaban J connectivity index is 1.60. The zero-order chi connectivity index (χ0) is 35.1. The first kappa shape index (κ1) is 39.5. The lowest BCUT2D eigenvalue weighted by Crippen LogP contribution is -2.55. The second kappa shape index (κ2) is 22.8. The molecule has 48 heavy (non-hydrogen) atoms. The van der Waals surface area contributed by atoms with E-state index < -0.39 is 42.1 Å². The molecule has 18 heteroatoms. The predicted molar refractivity (Wildman–Crippen MR) is 169 cm³/mol. The van der Waals surface area contributed by atoms with Crippen LogP contribution in [0.25, 0.3) is 0 Å². The van der Waals surface area contributed by atoms with Crippen molar-refractivity contribution >= 4 is 29.5 Å². The third-order valence-corrected chi connectivity index (χ3v) is 6.60. The number of carbonyl (C=O) groups is 5. The van der Waals surface area contributed by atoms with Crippen molar-refractivity contribution in [2.24, 2.45) is 5.73 Å². The molecule has 0 saturated carbocycles. The van der Waals surface area contributed by atoms with E-state index in [9.17, 15) is 29.1 Å². The van der Waals surface area contributed by atoms with Crippen LogP contribution >= 0.6 is 0 Å². The molecule has 2 aromatic rings. The van der Waals surface area contributed by atoms with Gasteiger partial charge in [-0.25, -0.2) is 4.68 Å². The summed E-state index contributed by atoms with van der Waals surface area (Å²) in [4.78, 5) is 60.5. The van der Waals surface area contributed by atoms with Crippen LogP contribution in [0.5, 0.6) is 5.75 Å². The minimum atomic E-state index is -1.22. The number of hydrogen-bond donors (Lipinski definition) is 6. The van der Waals surface area contributed by atoms with Crippen LogP contribution in [0.4, 0.5) is 0 Å². The van der Waals surface area contributed by atoms with E-state index in [0.717, 1.165) is 5.69 Å². The first-order chi connectivity index (χ1) is 23.1. The zero-order valence-electron chi connectivity index (χ0n) is 27.3. The highest BCUT2D eigenvalue weighted by molar-refractivity contribution is 5.94. The summed E-state index contributed by atoms with van der Waals surface area (Å²) < 4.78 is 23.4. The number of aromatic hydroxyl groups is 1. The second-order valence-corrected chi connectivity index (χ2v) is 10.4. The molecule has 1 aromatic heterocycles. The number of carbonyl (C=O) groups excluding carboxylic acids is 5. The molecule has 5 amide bonds. The van der Waals surface area contributed by atoms with Gasteiger partial charge in [-0.15, -0.1) is 5.10 Å². The van der Waals surface area contributed by atoms with Gasteiger partial charge in [-0.1, -0.05) is 17.3 Å². The molecule has 0 spiro atoms. The number of nitrogens with one attached hydrogen (secondary N) is 4. The van der Waals surface area contributed by atoms with Crippen molar-refractivity contribution < 1.29 is 48.0 Å². The van der Waals surface area contributed by atoms with Gasteiger partial charge in [0.15, 0.2) is 0 Å². The molecule has 1 aromatic carbocycles. The highest BCUT2D eigenvalue weighted by atomic mass is 16.6. The SMILES string of the molecule is CNC(=O)CCc1cn(CCOCCOCCOCCOCC(=O)N[C@H](Cc2ccc(O)cc2)C(=O)N[C@@H](CC(N)=O)C(=O)NC)nn1. The molecule has 7 N–H and O–H groups in total. The molecule has 0 aliphatic carbocycles. The lowest BCUT2D eigenvalue weighted by Gasteiger charge is -2.22. The number of benzene rings is 1. The first-order valence-electron chi connectivity index (χ1n) is 15.4. The summed E-state index contributed by atoms with van der Waals surface area (Å²) in [7, 11) is 2.94. The largest absolute Gasteiger partial charge is 0.508 e. The van der Waals surface area contributed by atoms with Gasteiger partial charge in [0.2, 0.25) is 29.5 Å². The molecule has 0 aliphatic heterocycles. The summed E-state index contributed by atoms with van der Waals surface area (Å²) in [5, 5.41) is 27.5. The highest BCUT2D eigenvalue weighted by Gasteiger charge is 2.27. The van der Waals surface area contributed by atoms with Gasteiger partial charge in [-0.3, -0.25) is 24.0 Å². The summed E-state index contributed by atoms with van der Waals surface area (Å²) in [5.41, 5.74) is 6.57. The van der Waals surface area contributed by atoms with Crippen LogP contribution in [0, 0.1) is 0 Å². The summed E-state index contributed by atoms with van der Waals surface area (Å²) in [6, 6.07) is 3.70. The topological polar surface area (TPSA) is 247 Å². The van der Waals surface area contributed by atoms with Crippen molar-refractivity contribution in [3.63, 3.8) is 0 Å². The second-order valence-electron chi connectivity index (χ2n) is 10.4. The van der Waals surface area contributed by atoms with Crippen LogP contribution in [0.2, 0.25) is 0 Å². The summed E-state index contributed by atoms with van der Waals surface area (Å²) in [6.45, 7) is 2.31. The first-order valence-corrected chi connectivity index (χ1v) is 15.4. The number of likely N-dealkylation sites (N-methyl/N-ethyl adjacent to an activating group) is 1. The normalized spacial score (nSPS) is 12.1. The Hall–Kier alpha value is -4.65. The molecular formula is C30H46N8O10. The Morgan fingerprint density at radius 1 is 0.812 bits per heavy atom. The van der Waals surface area contributed by atoms with Gasteiger partial charge < -0.3 is 51.1 Å². The summed E-state index contributed by atoms with van der Waals surface area (Å²) in [5.74, 6) is -2.73. The van der Waals surface area contributed by atoms with Crippen molar-refractivity contribution in [3.8, 4) is 5.75 Å². The maximum atomic E-state index is 13.0. The minimum absolute atomic E-state index is 0.0313. The van der Waals surface area contributed by atoms with Crippen LogP contribution in [-0.4, -0.2) is 129 Å². The number of aromatic nitrogens is 3. The van der Waals surface area contributed by atoms with Gasteiger partial charge >= 0.3 is 0 Å². The number of hydrogen-bond acceptors (Lipinski definition) is 12. The molecule has 2 atom stereocenters. The fourth-order valence-electron chi connectivity index (χ4n) is 4.08. The standard InChI is InChI=1S/C30H46N8O10/c1-32-27(41)8-5-22-19-38(37-36-22)9-10-45-11-12-46-13-14-47-15-16-48-20-28(42)34-24(17-21-3-6-23(39)7-4-21)30(44)35-25(18-26(31)40)29(43)33-2/h3-4,6-7,19,24-25,39H,5,8-18,20H2,1-2H3,(H2,31,40)(H,32,41)(H,33,43)(H,34,42)(H,35,44)/t24-,25+/m1/s1. The molecule has 0 bridgehead atoms. The number of aryl methyl sites for hydroxylation is 1. The van der Waals surface area contributed by atoms with E-state index >= 15 is 0 Å². The fourth-order valence-corrected chi connectivity index (χ4v) is 4.08. The number of nitrogens with two attached hydrogens (primary N) is 1. The summed E-state index contributed by atoms with van der Waals surface area (Å²) >= 11 is 0. The quantitative estimate of drug-likeness (QED) is 0.0600. The van der Waals surface area contributed by atoms with Gasteiger partial charge in [0.25, 0.3) is 0 Å². The van der Waals surface area contributed by atoms with Gasteiger partial charge in [0.05, 0.1) is 64.9 Å². The van der Waals surface area contributed by atoms with Gasteiger partial charge in [0.1, 0.15) is 24.4 Å². The molecule has 0 aliphatic rings. The lowest BCUT2D eigenvalue weighted by atomic mass is 10.0. The third kappa shape index (κ3) is 16.8. The number of phenols is 1.